The number of nitro benzene ring substituents is 1. The van der Waals surface area contributed by atoms with Crippen molar-refractivity contribution in [1.29, 1.82) is 0 Å². The molecule has 0 aliphatic rings. The number of rotatable bonds is 3. The first-order valence-electron chi connectivity index (χ1n) is 5.28. The topological polar surface area (TPSA) is 43.1 Å². The van der Waals surface area contributed by atoms with E-state index in [1.165, 1.54) is 36.0 Å². The quantitative estimate of drug-likeness (QED) is 0.368. The van der Waals surface area contributed by atoms with Crippen LogP contribution < -0.4 is 0 Å². The molecule has 3 nitrogen and oxygen atoms in total. The van der Waals surface area contributed by atoms with Crippen molar-refractivity contribution in [1.82, 2.24) is 0 Å². The van der Waals surface area contributed by atoms with E-state index in [1.807, 2.05) is 0 Å². The number of halogens is 1. The summed E-state index contributed by atoms with van der Waals surface area (Å²) in [5.41, 5.74) is 0.789. The van der Waals surface area contributed by atoms with Crippen LogP contribution in [0, 0.1) is 15.9 Å². The minimum atomic E-state index is -0.452. The molecule has 0 aromatic heterocycles. The van der Waals surface area contributed by atoms with Crippen molar-refractivity contribution in [3.63, 3.8) is 0 Å². The zero-order valence-electron chi connectivity index (χ0n) is 9.58. The Kier molecular flexibility index (Phi) is 4.24. The zero-order valence-corrected chi connectivity index (χ0v) is 11.2. The molecule has 0 atom stereocenters. The highest BCUT2D eigenvalue weighted by atomic mass is 32.2. The first kappa shape index (κ1) is 13.6. The molecule has 0 heterocycles. The van der Waals surface area contributed by atoms with E-state index >= 15 is 0 Å². The average Bonchev–Trinajstić information content (AvgIpc) is 2.40. The minimum absolute atomic E-state index is 0.0389. The molecule has 0 amide bonds. The lowest BCUT2D eigenvalue weighted by Gasteiger charge is -2.03. The largest absolute Gasteiger partial charge is 0.269 e. The fraction of sp³-hybridized carbons (Fsp3) is 0. The van der Waals surface area contributed by atoms with Crippen LogP contribution in [0.4, 0.5) is 10.1 Å². The van der Waals surface area contributed by atoms with Crippen LogP contribution in [0.25, 0.3) is 0 Å². The normalized spacial score (nSPS) is 10.2. The lowest BCUT2D eigenvalue weighted by molar-refractivity contribution is -0.384. The van der Waals surface area contributed by atoms with Gasteiger partial charge < -0.3 is 0 Å². The van der Waals surface area contributed by atoms with Crippen LogP contribution in [0.5, 0.6) is 0 Å². The second-order valence-corrected chi connectivity index (χ2v) is 5.40. The monoisotopic (exact) mass is 293 g/mol. The Bertz CT molecular complexity index is 612. The third-order valence-electron chi connectivity index (χ3n) is 2.34. The van der Waals surface area contributed by atoms with Gasteiger partial charge in [0, 0.05) is 17.0 Å². The van der Waals surface area contributed by atoms with Gasteiger partial charge >= 0.3 is 0 Å². The number of non-ortho nitro benzene ring substituents is 1. The number of nitro groups is 1. The Balaban J connectivity index is 2.10. The molecule has 0 radical (unpaired) electrons. The van der Waals surface area contributed by atoms with Gasteiger partial charge in [0.1, 0.15) is 5.82 Å². The second-order valence-electron chi connectivity index (χ2n) is 3.65. The number of hydrogen-bond donors (Lipinski definition) is 0. The maximum Gasteiger partial charge on any atom is 0.269 e. The summed E-state index contributed by atoms with van der Waals surface area (Å²) in [5, 5.41) is 10.5. The first-order valence-corrected chi connectivity index (χ1v) is 6.51. The summed E-state index contributed by atoms with van der Waals surface area (Å²) < 4.78 is 13.4. The average molecular weight is 293 g/mol. The molecule has 0 aliphatic heterocycles. The van der Waals surface area contributed by atoms with Crippen LogP contribution in [-0.2, 0) is 0 Å². The molecule has 2 rings (SSSR count). The van der Waals surface area contributed by atoms with Gasteiger partial charge in [-0.25, -0.2) is 4.39 Å². The van der Waals surface area contributed by atoms with Crippen LogP contribution in [0.3, 0.4) is 0 Å². The molecular weight excluding hydrogens is 285 g/mol. The van der Waals surface area contributed by atoms with Gasteiger partial charge in [-0.05, 0) is 29.8 Å². The van der Waals surface area contributed by atoms with Crippen molar-refractivity contribution >= 4 is 33.9 Å². The fourth-order valence-corrected chi connectivity index (χ4v) is 2.55. The molecule has 0 fully saturated rings. The summed E-state index contributed by atoms with van der Waals surface area (Å²) in [6.07, 6.45) is 0. The van der Waals surface area contributed by atoms with Crippen molar-refractivity contribution in [3.05, 3.63) is 70.0 Å². The van der Waals surface area contributed by atoms with Crippen molar-refractivity contribution in [2.24, 2.45) is 0 Å². The number of benzene rings is 2. The minimum Gasteiger partial charge on any atom is -0.258 e. The third-order valence-corrected chi connectivity index (χ3v) is 3.75. The van der Waals surface area contributed by atoms with Gasteiger partial charge in [-0.3, -0.25) is 10.1 Å². The predicted molar refractivity (Wildman–Crippen MR) is 77.1 cm³/mol. The summed E-state index contributed by atoms with van der Waals surface area (Å²) in [5.74, 6) is -0.313. The summed E-state index contributed by atoms with van der Waals surface area (Å²) in [6, 6.07) is 12.0. The fourth-order valence-electron chi connectivity index (χ4n) is 1.39. The van der Waals surface area contributed by atoms with Gasteiger partial charge in [-0.2, -0.15) is 0 Å². The standard InChI is InChI=1S/C13H8FNO2S2/c14-10-3-1-9(2-4-10)13(18)19-12-7-5-11(6-8-12)15(16)17/h1-8H. The van der Waals surface area contributed by atoms with Crippen molar-refractivity contribution in [3.8, 4) is 0 Å². The van der Waals surface area contributed by atoms with E-state index < -0.39 is 4.92 Å². The molecule has 0 unspecified atom stereocenters. The Morgan fingerprint density at radius 1 is 1.11 bits per heavy atom. The number of thioether (sulfide) groups is 1. The van der Waals surface area contributed by atoms with Gasteiger partial charge in [0.05, 0.1) is 9.12 Å². The molecule has 0 N–H and O–H groups in total. The molecule has 0 aliphatic carbocycles. The van der Waals surface area contributed by atoms with E-state index in [4.69, 9.17) is 12.2 Å². The van der Waals surface area contributed by atoms with E-state index in [0.29, 0.717) is 4.20 Å². The lowest BCUT2D eigenvalue weighted by atomic mass is 10.2. The number of hydrogen-bond acceptors (Lipinski definition) is 4. The van der Waals surface area contributed by atoms with Gasteiger partial charge in [0.25, 0.3) is 5.69 Å². The molecular formula is C13H8FNO2S2. The van der Waals surface area contributed by atoms with Gasteiger partial charge in [0.15, 0.2) is 0 Å². The zero-order chi connectivity index (χ0) is 13.8. The van der Waals surface area contributed by atoms with Gasteiger partial charge in [0.2, 0.25) is 0 Å². The van der Waals surface area contributed by atoms with Crippen LogP contribution >= 0.6 is 24.0 Å². The molecule has 2 aromatic carbocycles. The maximum atomic E-state index is 12.8. The Hall–Kier alpha value is -1.79. The summed E-state index contributed by atoms with van der Waals surface area (Å²) >= 11 is 6.55. The van der Waals surface area contributed by atoms with Crippen LogP contribution in [0.1, 0.15) is 5.56 Å². The van der Waals surface area contributed by atoms with Crippen LogP contribution in [-0.4, -0.2) is 9.12 Å². The third kappa shape index (κ3) is 3.59. The van der Waals surface area contributed by atoms with Gasteiger partial charge in [-0.15, -0.1) is 0 Å². The number of nitrogens with zero attached hydrogens (tertiary/aromatic N) is 1. The highest BCUT2D eigenvalue weighted by Gasteiger charge is 2.07. The molecule has 0 saturated carbocycles. The Labute approximate surface area is 118 Å². The molecule has 19 heavy (non-hydrogen) atoms. The van der Waals surface area contributed by atoms with Crippen LogP contribution in [0.2, 0.25) is 0 Å². The molecule has 6 heteroatoms. The van der Waals surface area contributed by atoms with Crippen molar-refractivity contribution in [2.45, 2.75) is 4.90 Å². The van der Waals surface area contributed by atoms with Gasteiger partial charge in [-0.1, -0.05) is 36.1 Å². The Morgan fingerprint density at radius 3 is 2.21 bits per heavy atom. The predicted octanol–water partition coefficient (Wildman–Crippen LogP) is 4.20. The van der Waals surface area contributed by atoms with E-state index in [1.54, 1.807) is 24.3 Å². The summed E-state index contributed by atoms with van der Waals surface area (Å²) in [4.78, 5) is 10.9. The number of thiocarbonyl (C=S) groups is 1. The SMILES string of the molecule is O=[N+]([O-])c1ccc(SC(=S)c2ccc(F)cc2)cc1. The maximum absolute atomic E-state index is 12.8. The smallest absolute Gasteiger partial charge is 0.258 e. The molecule has 0 spiro atoms. The molecule has 0 bridgehead atoms. The first-order chi connectivity index (χ1) is 9.06. The van der Waals surface area contributed by atoms with E-state index in [-0.39, 0.29) is 11.5 Å². The molecule has 0 saturated heterocycles. The molecule has 2 aromatic rings. The summed E-state index contributed by atoms with van der Waals surface area (Å²) in [6.45, 7) is 0. The highest BCUT2D eigenvalue weighted by molar-refractivity contribution is 8.23. The van der Waals surface area contributed by atoms with E-state index in [0.717, 1.165) is 10.5 Å². The molecule has 96 valence electrons. The van der Waals surface area contributed by atoms with Crippen molar-refractivity contribution in [2.75, 3.05) is 0 Å². The Morgan fingerprint density at radius 2 is 1.68 bits per heavy atom. The van der Waals surface area contributed by atoms with Crippen molar-refractivity contribution < 1.29 is 9.31 Å². The van der Waals surface area contributed by atoms with E-state index in [2.05, 4.69) is 0 Å². The lowest BCUT2D eigenvalue weighted by Crippen LogP contribution is -1.92. The highest BCUT2D eigenvalue weighted by Crippen LogP contribution is 2.25. The summed E-state index contributed by atoms with van der Waals surface area (Å²) in [7, 11) is 0. The van der Waals surface area contributed by atoms with Crippen LogP contribution in [0.15, 0.2) is 53.4 Å². The van der Waals surface area contributed by atoms with E-state index in [9.17, 15) is 14.5 Å². The second kappa shape index (κ2) is 5.90.